The maximum absolute atomic E-state index is 13.1. The predicted octanol–water partition coefficient (Wildman–Crippen LogP) is 3.02. The Labute approximate surface area is 129 Å². The van der Waals surface area contributed by atoms with Gasteiger partial charge in [-0.3, -0.25) is 11.3 Å². The number of ether oxygens (including phenoxy) is 1. The SMILES string of the molecule is NNC(c1ccc(F)cc1)C1CCOC2(CCSCC2)C1. The van der Waals surface area contributed by atoms with Crippen molar-refractivity contribution in [2.45, 2.75) is 37.3 Å². The van der Waals surface area contributed by atoms with Crippen LogP contribution in [-0.2, 0) is 4.74 Å². The van der Waals surface area contributed by atoms with Crippen LogP contribution in [0.2, 0.25) is 0 Å². The monoisotopic (exact) mass is 310 g/mol. The highest BCUT2D eigenvalue weighted by atomic mass is 32.2. The van der Waals surface area contributed by atoms with Gasteiger partial charge in [0, 0.05) is 12.6 Å². The van der Waals surface area contributed by atoms with E-state index >= 15 is 0 Å². The van der Waals surface area contributed by atoms with Crippen LogP contribution in [0.5, 0.6) is 0 Å². The summed E-state index contributed by atoms with van der Waals surface area (Å²) in [5.41, 5.74) is 4.05. The fourth-order valence-electron chi connectivity index (χ4n) is 3.62. The molecule has 3 rings (SSSR count). The van der Waals surface area contributed by atoms with Crippen LogP contribution in [0.1, 0.15) is 37.3 Å². The number of hydrogen-bond acceptors (Lipinski definition) is 4. The molecule has 0 bridgehead atoms. The van der Waals surface area contributed by atoms with E-state index in [1.54, 1.807) is 0 Å². The molecule has 0 aliphatic carbocycles. The highest BCUT2D eigenvalue weighted by molar-refractivity contribution is 7.99. The Morgan fingerprint density at radius 3 is 2.67 bits per heavy atom. The van der Waals surface area contributed by atoms with Crippen LogP contribution in [0.4, 0.5) is 4.39 Å². The molecule has 0 amide bonds. The summed E-state index contributed by atoms with van der Waals surface area (Å²) in [7, 11) is 0. The van der Waals surface area contributed by atoms with E-state index in [2.05, 4.69) is 5.43 Å². The summed E-state index contributed by atoms with van der Waals surface area (Å²) in [6.45, 7) is 0.800. The van der Waals surface area contributed by atoms with Crippen molar-refractivity contribution in [2.75, 3.05) is 18.1 Å². The van der Waals surface area contributed by atoms with E-state index in [9.17, 15) is 4.39 Å². The fourth-order valence-corrected chi connectivity index (χ4v) is 4.85. The van der Waals surface area contributed by atoms with E-state index in [4.69, 9.17) is 10.6 Å². The Morgan fingerprint density at radius 2 is 2.00 bits per heavy atom. The minimum atomic E-state index is -0.206. The van der Waals surface area contributed by atoms with E-state index in [1.807, 2.05) is 23.9 Å². The van der Waals surface area contributed by atoms with Crippen LogP contribution in [0, 0.1) is 11.7 Å². The summed E-state index contributed by atoms with van der Waals surface area (Å²) in [6, 6.07) is 6.75. The normalized spacial score (nSPS) is 26.7. The van der Waals surface area contributed by atoms with Gasteiger partial charge >= 0.3 is 0 Å². The molecular weight excluding hydrogens is 287 g/mol. The van der Waals surface area contributed by atoms with E-state index in [1.165, 1.54) is 23.6 Å². The van der Waals surface area contributed by atoms with E-state index in [0.717, 1.165) is 37.9 Å². The third-order valence-electron chi connectivity index (χ3n) is 4.82. The van der Waals surface area contributed by atoms with Crippen LogP contribution < -0.4 is 11.3 Å². The molecule has 1 aromatic carbocycles. The Bertz CT molecular complexity index is 456. The molecule has 116 valence electrons. The molecular formula is C16H23FN2OS. The summed E-state index contributed by atoms with van der Waals surface area (Å²) in [5.74, 6) is 8.41. The number of nitrogens with one attached hydrogen (secondary N) is 1. The van der Waals surface area contributed by atoms with Crippen LogP contribution in [0.15, 0.2) is 24.3 Å². The van der Waals surface area contributed by atoms with Gasteiger partial charge in [0.15, 0.2) is 0 Å². The molecule has 2 heterocycles. The zero-order valence-corrected chi connectivity index (χ0v) is 13.0. The molecule has 21 heavy (non-hydrogen) atoms. The molecule has 1 spiro atoms. The maximum Gasteiger partial charge on any atom is 0.123 e. The van der Waals surface area contributed by atoms with Crippen molar-refractivity contribution in [1.29, 1.82) is 0 Å². The van der Waals surface area contributed by atoms with Crippen molar-refractivity contribution in [3.05, 3.63) is 35.6 Å². The number of nitrogens with two attached hydrogens (primary N) is 1. The lowest BCUT2D eigenvalue weighted by atomic mass is 9.77. The molecule has 2 aliphatic heterocycles. The van der Waals surface area contributed by atoms with E-state index < -0.39 is 0 Å². The average molecular weight is 310 g/mol. The quantitative estimate of drug-likeness (QED) is 0.665. The lowest BCUT2D eigenvalue weighted by Crippen LogP contribution is -2.46. The van der Waals surface area contributed by atoms with E-state index in [-0.39, 0.29) is 17.5 Å². The van der Waals surface area contributed by atoms with Gasteiger partial charge in [0.1, 0.15) is 5.82 Å². The van der Waals surface area contributed by atoms with Crippen molar-refractivity contribution in [1.82, 2.24) is 5.43 Å². The molecule has 0 aromatic heterocycles. The number of rotatable bonds is 3. The van der Waals surface area contributed by atoms with Gasteiger partial charge in [-0.05, 0) is 60.8 Å². The molecule has 1 aromatic rings. The first-order valence-electron chi connectivity index (χ1n) is 7.66. The molecule has 2 fully saturated rings. The predicted molar refractivity (Wildman–Crippen MR) is 84.4 cm³/mol. The average Bonchev–Trinajstić information content (AvgIpc) is 2.51. The second-order valence-corrected chi connectivity index (χ2v) is 7.32. The Hall–Kier alpha value is -0.620. The Balaban J connectivity index is 1.75. The van der Waals surface area contributed by atoms with Crippen LogP contribution in [0.25, 0.3) is 0 Å². The van der Waals surface area contributed by atoms with Gasteiger partial charge in [-0.1, -0.05) is 12.1 Å². The summed E-state index contributed by atoms with van der Waals surface area (Å²) in [6.07, 6.45) is 4.31. The fraction of sp³-hybridized carbons (Fsp3) is 0.625. The number of hydrogen-bond donors (Lipinski definition) is 2. The first kappa shape index (κ1) is 15.3. The zero-order chi connectivity index (χ0) is 14.7. The first-order valence-corrected chi connectivity index (χ1v) is 8.81. The summed E-state index contributed by atoms with van der Waals surface area (Å²) >= 11 is 2.01. The standard InChI is InChI=1S/C16H23FN2OS/c17-14-3-1-12(2-4-14)15(19-18)13-5-8-20-16(11-13)6-9-21-10-7-16/h1-4,13,15,19H,5-11,18H2. The van der Waals surface area contributed by atoms with Crippen molar-refractivity contribution in [3.8, 4) is 0 Å². The molecule has 2 unspecified atom stereocenters. The molecule has 2 aliphatic rings. The lowest BCUT2D eigenvalue weighted by Gasteiger charge is -2.45. The third-order valence-corrected chi connectivity index (χ3v) is 5.80. The molecule has 2 atom stereocenters. The number of halogens is 1. The van der Waals surface area contributed by atoms with Gasteiger partial charge in [-0.25, -0.2) is 4.39 Å². The van der Waals surface area contributed by atoms with Crippen LogP contribution >= 0.6 is 11.8 Å². The molecule has 5 heteroatoms. The topological polar surface area (TPSA) is 47.3 Å². The minimum absolute atomic E-state index is 0.0449. The summed E-state index contributed by atoms with van der Waals surface area (Å²) in [4.78, 5) is 0. The smallest absolute Gasteiger partial charge is 0.123 e. The second kappa shape index (κ2) is 6.65. The Morgan fingerprint density at radius 1 is 1.29 bits per heavy atom. The summed E-state index contributed by atoms with van der Waals surface area (Å²) < 4.78 is 19.3. The molecule has 0 radical (unpaired) electrons. The Kier molecular flexibility index (Phi) is 4.84. The van der Waals surface area contributed by atoms with Gasteiger partial charge < -0.3 is 4.74 Å². The largest absolute Gasteiger partial charge is 0.375 e. The second-order valence-electron chi connectivity index (χ2n) is 6.09. The highest BCUT2D eigenvalue weighted by Gasteiger charge is 2.41. The van der Waals surface area contributed by atoms with Gasteiger partial charge in [0.05, 0.1) is 5.60 Å². The first-order chi connectivity index (χ1) is 10.2. The van der Waals surface area contributed by atoms with Gasteiger partial charge in [0.2, 0.25) is 0 Å². The summed E-state index contributed by atoms with van der Waals surface area (Å²) in [5, 5.41) is 0. The van der Waals surface area contributed by atoms with Gasteiger partial charge in [-0.2, -0.15) is 11.8 Å². The third kappa shape index (κ3) is 3.42. The van der Waals surface area contributed by atoms with Crippen LogP contribution in [0.3, 0.4) is 0 Å². The molecule has 2 saturated heterocycles. The van der Waals surface area contributed by atoms with Crippen molar-refractivity contribution >= 4 is 11.8 Å². The molecule has 3 N–H and O–H groups in total. The lowest BCUT2D eigenvalue weighted by molar-refractivity contribution is -0.107. The van der Waals surface area contributed by atoms with Crippen LogP contribution in [-0.4, -0.2) is 23.7 Å². The van der Waals surface area contributed by atoms with Crippen molar-refractivity contribution in [3.63, 3.8) is 0 Å². The number of hydrazine groups is 1. The highest BCUT2D eigenvalue weighted by Crippen LogP contribution is 2.43. The van der Waals surface area contributed by atoms with Crippen molar-refractivity contribution in [2.24, 2.45) is 11.8 Å². The zero-order valence-electron chi connectivity index (χ0n) is 12.2. The minimum Gasteiger partial charge on any atom is -0.375 e. The van der Waals surface area contributed by atoms with Crippen molar-refractivity contribution < 1.29 is 9.13 Å². The van der Waals surface area contributed by atoms with Gasteiger partial charge in [-0.15, -0.1) is 0 Å². The van der Waals surface area contributed by atoms with Gasteiger partial charge in [0.25, 0.3) is 0 Å². The maximum atomic E-state index is 13.1. The number of benzene rings is 1. The molecule has 3 nitrogen and oxygen atoms in total. The molecule has 0 saturated carbocycles. The number of thioether (sulfide) groups is 1. The van der Waals surface area contributed by atoms with E-state index in [0.29, 0.717) is 5.92 Å².